The lowest BCUT2D eigenvalue weighted by Crippen LogP contribution is -2.41. The maximum absolute atomic E-state index is 13.2. The van der Waals surface area contributed by atoms with Crippen molar-refractivity contribution < 1.29 is 9.59 Å². The molecule has 0 unspecified atom stereocenters. The molecule has 9 heteroatoms. The number of nitrogens with one attached hydrogen (secondary N) is 1. The van der Waals surface area contributed by atoms with E-state index in [1.54, 1.807) is 34.7 Å². The molecule has 1 aromatic heterocycles. The summed E-state index contributed by atoms with van der Waals surface area (Å²) in [4.78, 5) is 40.6. The van der Waals surface area contributed by atoms with Crippen LogP contribution in [0.25, 0.3) is 0 Å². The lowest BCUT2D eigenvalue weighted by Gasteiger charge is -2.28. The van der Waals surface area contributed by atoms with Gasteiger partial charge in [-0.3, -0.25) is 18.7 Å². The summed E-state index contributed by atoms with van der Waals surface area (Å²) in [6.45, 7) is 2.73. The van der Waals surface area contributed by atoms with Crippen LogP contribution in [-0.4, -0.2) is 32.4 Å². The molecule has 166 valence electrons. The molecule has 1 N–H and O–H groups in total. The van der Waals surface area contributed by atoms with Gasteiger partial charge < -0.3 is 10.2 Å². The van der Waals surface area contributed by atoms with Gasteiger partial charge in [-0.05, 0) is 46.6 Å². The Morgan fingerprint density at radius 1 is 1.12 bits per heavy atom. The van der Waals surface area contributed by atoms with E-state index < -0.39 is 0 Å². The minimum atomic E-state index is -0.351. The number of nitrogens with zero attached hydrogens (tertiary/aromatic N) is 3. The van der Waals surface area contributed by atoms with E-state index in [1.807, 2.05) is 37.3 Å². The maximum atomic E-state index is 13.2. The molecule has 3 aromatic rings. The Labute approximate surface area is 198 Å². The summed E-state index contributed by atoms with van der Waals surface area (Å²) in [7, 11) is 1.58. The van der Waals surface area contributed by atoms with Crippen LogP contribution in [0.15, 0.2) is 57.8 Å². The largest absolute Gasteiger partial charge is 0.344 e. The Morgan fingerprint density at radius 2 is 1.84 bits per heavy atom. The first-order valence-corrected chi connectivity index (χ1v) is 11.3. The van der Waals surface area contributed by atoms with E-state index in [0.29, 0.717) is 33.8 Å². The first-order valence-electron chi connectivity index (χ1n) is 10.2. The summed E-state index contributed by atoms with van der Waals surface area (Å²) in [6.07, 6.45) is 0. The minimum Gasteiger partial charge on any atom is -0.344 e. The van der Waals surface area contributed by atoms with Gasteiger partial charge in [0.15, 0.2) is 0 Å². The average molecular weight is 518 g/mol. The molecule has 4 rings (SSSR count). The smallest absolute Gasteiger partial charge is 0.328 e. The second kappa shape index (κ2) is 8.96. The number of benzene rings is 2. The van der Waals surface area contributed by atoms with E-state index in [0.717, 1.165) is 5.56 Å². The van der Waals surface area contributed by atoms with Crippen molar-refractivity contribution in [2.75, 3.05) is 6.54 Å². The average Bonchev–Trinajstić information content (AvgIpc) is 3.05. The van der Waals surface area contributed by atoms with Gasteiger partial charge in [-0.2, -0.15) is 0 Å². The molecule has 0 fully saturated rings. The number of rotatable bonds is 4. The molecular formula is C23H22BrClN4O3. The Morgan fingerprint density at radius 3 is 2.53 bits per heavy atom. The Bertz CT molecular complexity index is 1250. The van der Waals surface area contributed by atoms with Crippen molar-refractivity contribution in [3.05, 3.63) is 91.0 Å². The molecule has 1 atom stereocenters. The van der Waals surface area contributed by atoms with Crippen molar-refractivity contribution in [1.82, 2.24) is 19.4 Å². The van der Waals surface area contributed by atoms with Gasteiger partial charge in [0, 0.05) is 30.2 Å². The van der Waals surface area contributed by atoms with E-state index in [4.69, 9.17) is 11.6 Å². The zero-order valence-electron chi connectivity index (χ0n) is 17.6. The van der Waals surface area contributed by atoms with Crippen LogP contribution >= 0.6 is 27.5 Å². The van der Waals surface area contributed by atoms with Crippen LogP contribution in [0.5, 0.6) is 0 Å². The van der Waals surface area contributed by atoms with Gasteiger partial charge >= 0.3 is 5.69 Å². The number of hydrogen-bond donors (Lipinski definition) is 1. The van der Waals surface area contributed by atoms with Gasteiger partial charge in [0.1, 0.15) is 5.69 Å². The third-order valence-electron chi connectivity index (χ3n) is 5.70. The van der Waals surface area contributed by atoms with Crippen LogP contribution in [0.1, 0.15) is 45.1 Å². The van der Waals surface area contributed by atoms with Crippen LogP contribution in [0, 0.1) is 0 Å². The topological polar surface area (TPSA) is 76.3 Å². The Balaban J connectivity index is 1.61. The normalized spacial score (nSPS) is 14.1. The van der Waals surface area contributed by atoms with Crippen LogP contribution < -0.4 is 11.0 Å². The molecule has 0 saturated heterocycles. The van der Waals surface area contributed by atoms with Crippen molar-refractivity contribution >= 4 is 39.3 Å². The number of aromatic nitrogens is 2. The molecule has 1 aliphatic rings. The predicted octanol–water partition coefficient (Wildman–Crippen LogP) is 3.75. The first kappa shape index (κ1) is 22.4. The van der Waals surface area contributed by atoms with Gasteiger partial charge in [0.25, 0.3) is 11.8 Å². The van der Waals surface area contributed by atoms with Crippen LogP contribution in [0.2, 0.25) is 5.02 Å². The van der Waals surface area contributed by atoms with Gasteiger partial charge in [-0.15, -0.1) is 0 Å². The third kappa shape index (κ3) is 4.12. The Kier molecular flexibility index (Phi) is 6.26. The summed E-state index contributed by atoms with van der Waals surface area (Å²) >= 11 is 9.47. The van der Waals surface area contributed by atoms with E-state index in [2.05, 4.69) is 21.2 Å². The number of halogens is 2. The van der Waals surface area contributed by atoms with E-state index in [1.165, 1.54) is 4.57 Å². The quantitative estimate of drug-likeness (QED) is 0.573. The number of carbonyl (C=O) groups excluding carboxylic acids is 2. The zero-order valence-corrected chi connectivity index (χ0v) is 20.0. The minimum absolute atomic E-state index is 0.158. The molecule has 2 heterocycles. The molecule has 2 aromatic carbocycles. The fourth-order valence-corrected chi connectivity index (χ4v) is 4.37. The van der Waals surface area contributed by atoms with Crippen molar-refractivity contribution in [3.63, 3.8) is 0 Å². The lowest BCUT2D eigenvalue weighted by atomic mass is 10.1. The van der Waals surface area contributed by atoms with E-state index in [9.17, 15) is 14.4 Å². The van der Waals surface area contributed by atoms with Crippen molar-refractivity contribution in [2.45, 2.75) is 26.1 Å². The number of hydrogen-bond acceptors (Lipinski definition) is 3. The van der Waals surface area contributed by atoms with Gasteiger partial charge in [0.05, 0.1) is 23.3 Å². The summed E-state index contributed by atoms with van der Waals surface area (Å²) in [5.41, 5.74) is 1.94. The molecule has 0 saturated carbocycles. The molecule has 7 nitrogen and oxygen atoms in total. The molecule has 0 spiro atoms. The number of amides is 2. The highest BCUT2D eigenvalue weighted by atomic mass is 79.9. The zero-order chi connectivity index (χ0) is 23.0. The van der Waals surface area contributed by atoms with Gasteiger partial charge in [-0.1, -0.05) is 41.9 Å². The highest BCUT2D eigenvalue weighted by molar-refractivity contribution is 9.10. The molecule has 2 amide bonds. The highest BCUT2D eigenvalue weighted by Crippen LogP contribution is 2.25. The van der Waals surface area contributed by atoms with Crippen molar-refractivity contribution in [1.29, 1.82) is 0 Å². The Hall–Kier alpha value is -2.84. The summed E-state index contributed by atoms with van der Waals surface area (Å²) in [5, 5.41) is 3.41. The summed E-state index contributed by atoms with van der Waals surface area (Å²) in [6, 6.07) is 14.4. The molecule has 32 heavy (non-hydrogen) atoms. The van der Waals surface area contributed by atoms with Crippen molar-refractivity contribution in [2.24, 2.45) is 7.05 Å². The maximum Gasteiger partial charge on any atom is 0.328 e. The molecule has 0 bridgehead atoms. The van der Waals surface area contributed by atoms with Crippen LogP contribution in [0.4, 0.5) is 0 Å². The van der Waals surface area contributed by atoms with E-state index >= 15 is 0 Å². The molecule has 0 aliphatic carbocycles. The SMILES string of the molecule is C[C@H](NC(=O)c1c2n(c(=O)n1C)CCN(C(=O)c1ccc(Br)c(Cl)c1)C2)c1ccccc1. The fraction of sp³-hybridized carbons (Fsp3) is 0.261. The summed E-state index contributed by atoms with van der Waals surface area (Å²) < 4.78 is 3.63. The van der Waals surface area contributed by atoms with Crippen LogP contribution in [0.3, 0.4) is 0 Å². The number of fused-ring (bicyclic) bond motifs is 1. The number of carbonyl (C=O) groups is 2. The van der Waals surface area contributed by atoms with Crippen LogP contribution in [-0.2, 0) is 20.1 Å². The highest BCUT2D eigenvalue weighted by Gasteiger charge is 2.31. The van der Waals surface area contributed by atoms with Crippen molar-refractivity contribution in [3.8, 4) is 0 Å². The molecular weight excluding hydrogens is 496 g/mol. The number of imidazole rings is 1. The van der Waals surface area contributed by atoms with Gasteiger partial charge in [0.2, 0.25) is 0 Å². The predicted molar refractivity (Wildman–Crippen MR) is 126 cm³/mol. The fourth-order valence-electron chi connectivity index (χ4n) is 3.94. The standard InChI is InChI=1S/C23H22BrClN4O3/c1-14(15-6-4-3-5-7-15)26-21(30)20-19-13-28(10-11-29(19)23(32)27(20)2)22(31)16-8-9-17(24)18(25)12-16/h3-9,12,14H,10-11,13H2,1-2H3,(H,26,30)/t14-/m0/s1. The van der Waals surface area contributed by atoms with Gasteiger partial charge in [-0.25, -0.2) is 4.79 Å². The lowest BCUT2D eigenvalue weighted by molar-refractivity contribution is 0.0706. The summed E-state index contributed by atoms with van der Waals surface area (Å²) in [5.74, 6) is -0.554. The second-order valence-electron chi connectivity index (χ2n) is 7.75. The second-order valence-corrected chi connectivity index (χ2v) is 9.01. The molecule has 1 aliphatic heterocycles. The monoisotopic (exact) mass is 516 g/mol. The third-order valence-corrected chi connectivity index (χ3v) is 6.94. The van der Waals surface area contributed by atoms with E-state index in [-0.39, 0.29) is 35.8 Å². The first-order chi connectivity index (χ1) is 15.3. The molecule has 0 radical (unpaired) electrons.